The molecule has 2 N–H and O–H groups in total. The molecule has 9 heteroatoms. The van der Waals surface area contributed by atoms with Gasteiger partial charge in [-0.3, -0.25) is 14.6 Å². The number of aromatic nitrogens is 2. The normalized spacial score (nSPS) is 21.7. The summed E-state index contributed by atoms with van der Waals surface area (Å²) in [5.74, 6) is 1.18. The Morgan fingerprint density at radius 1 is 1.24 bits per heavy atom. The minimum atomic E-state index is -0.219. The van der Waals surface area contributed by atoms with Crippen LogP contribution in [0.5, 0.6) is 0 Å². The molecule has 0 bridgehead atoms. The van der Waals surface area contributed by atoms with Gasteiger partial charge in [-0.15, -0.1) is 12.4 Å². The first-order chi connectivity index (χ1) is 13.5. The van der Waals surface area contributed by atoms with Gasteiger partial charge in [0.05, 0.1) is 18.0 Å². The highest BCUT2D eigenvalue weighted by molar-refractivity contribution is 5.85. The van der Waals surface area contributed by atoms with Crippen LogP contribution in [0.4, 0.5) is 0 Å². The number of oxazole rings is 1. The third-order valence-corrected chi connectivity index (χ3v) is 5.52. The number of rotatable bonds is 2. The molecule has 29 heavy (non-hydrogen) atoms. The first-order valence-corrected chi connectivity index (χ1v) is 9.70. The number of halogens is 1. The number of fused-ring (bicyclic) bond motifs is 1. The predicted molar refractivity (Wildman–Crippen MR) is 109 cm³/mol. The monoisotopic (exact) mass is 419 g/mol. The summed E-state index contributed by atoms with van der Waals surface area (Å²) in [6, 6.07) is 3.66. The lowest BCUT2D eigenvalue weighted by Crippen LogP contribution is -2.44. The molecule has 1 fully saturated rings. The fraction of sp³-hybridized carbons (Fsp3) is 0.500. The molecule has 8 nitrogen and oxygen atoms in total. The standard InChI is InChI=1S/C20H25N5O3.ClH/c1-13(26)25-10-15(4-5-16(21)11-25)20(27)24-8-6-18-17(12-24)23-19(28-18)14-3-2-7-22-9-14;/h2-3,7,9,15-16H,4-6,8,10-12,21H2,1H3;1H/t15-,16+;/m0./s1. The fourth-order valence-electron chi connectivity index (χ4n) is 3.94. The van der Waals surface area contributed by atoms with Gasteiger partial charge in [0.15, 0.2) is 0 Å². The fourth-order valence-corrected chi connectivity index (χ4v) is 3.94. The highest BCUT2D eigenvalue weighted by Gasteiger charge is 2.33. The van der Waals surface area contributed by atoms with E-state index in [2.05, 4.69) is 9.97 Å². The van der Waals surface area contributed by atoms with Crippen LogP contribution in [-0.2, 0) is 22.6 Å². The van der Waals surface area contributed by atoms with Crippen molar-refractivity contribution in [3.63, 3.8) is 0 Å². The van der Waals surface area contributed by atoms with Crippen LogP contribution < -0.4 is 5.73 Å². The predicted octanol–water partition coefficient (Wildman–Crippen LogP) is 1.63. The molecule has 2 aromatic heterocycles. The van der Waals surface area contributed by atoms with Crippen molar-refractivity contribution in [2.24, 2.45) is 11.7 Å². The lowest BCUT2D eigenvalue weighted by atomic mass is 9.99. The summed E-state index contributed by atoms with van der Waals surface area (Å²) >= 11 is 0. The molecule has 2 aliphatic rings. The van der Waals surface area contributed by atoms with E-state index in [-0.39, 0.29) is 36.2 Å². The number of pyridine rings is 1. The molecule has 0 spiro atoms. The van der Waals surface area contributed by atoms with Gasteiger partial charge in [-0.2, -0.15) is 0 Å². The lowest BCUT2D eigenvalue weighted by molar-refractivity contribution is -0.138. The summed E-state index contributed by atoms with van der Waals surface area (Å²) < 4.78 is 5.89. The molecule has 2 amide bonds. The van der Waals surface area contributed by atoms with Crippen molar-refractivity contribution < 1.29 is 14.0 Å². The number of nitrogens with zero attached hydrogens (tertiary/aromatic N) is 4. The molecule has 4 rings (SSSR count). The smallest absolute Gasteiger partial charge is 0.228 e. The lowest BCUT2D eigenvalue weighted by Gasteiger charge is -2.30. The molecule has 0 radical (unpaired) electrons. The zero-order valence-corrected chi connectivity index (χ0v) is 17.2. The quantitative estimate of drug-likeness (QED) is 0.793. The van der Waals surface area contributed by atoms with Crippen molar-refractivity contribution in [1.29, 1.82) is 0 Å². The molecular weight excluding hydrogens is 394 g/mol. The maximum Gasteiger partial charge on any atom is 0.228 e. The summed E-state index contributed by atoms with van der Waals surface area (Å²) in [6.07, 6.45) is 5.50. The average Bonchev–Trinajstić information content (AvgIpc) is 3.03. The summed E-state index contributed by atoms with van der Waals surface area (Å²) in [6.45, 7) is 3.50. The van der Waals surface area contributed by atoms with E-state index >= 15 is 0 Å². The van der Waals surface area contributed by atoms with E-state index in [9.17, 15) is 9.59 Å². The van der Waals surface area contributed by atoms with Gasteiger partial charge in [0.1, 0.15) is 11.5 Å². The van der Waals surface area contributed by atoms with Crippen molar-refractivity contribution in [3.8, 4) is 11.5 Å². The molecule has 0 unspecified atom stereocenters. The van der Waals surface area contributed by atoms with Gasteiger partial charge in [-0.1, -0.05) is 0 Å². The minimum absolute atomic E-state index is 0. The Bertz CT molecular complexity index is 872. The Kier molecular flexibility index (Phi) is 6.54. The number of carbonyl (C=O) groups excluding carboxylic acids is 2. The van der Waals surface area contributed by atoms with Crippen LogP contribution in [-0.4, -0.2) is 57.3 Å². The first kappa shape index (κ1) is 21.3. The Morgan fingerprint density at radius 2 is 2.07 bits per heavy atom. The average molecular weight is 420 g/mol. The zero-order valence-electron chi connectivity index (χ0n) is 16.4. The third kappa shape index (κ3) is 4.59. The van der Waals surface area contributed by atoms with Crippen molar-refractivity contribution in [2.75, 3.05) is 19.6 Å². The highest BCUT2D eigenvalue weighted by atomic mass is 35.5. The number of nitrogens with two attached hydrogens (primary N) is 1. The summed E-state index contributed by atoms with van der Waals surface area (Å²) in [5.41, 5.74) is 7.70. The SMILES string of the molecule is CC(=O)N1C[C@H](N)CC[C@H](C(=O)N2CCc3oc(-c4cccnc4)nc3C2)C1.Cl. The van der Waals surface area contributed by atoms with E-state index in [4.69, 9.17) is 10.2 Å². The Morgan fingerprint density at radius 3 is 2.79 bits per heavy atom. The van der Waals surface area contributed by atoms with Crippen LogP contribution in [0.15, 0.2) is 28.9 Å². The van der Waals surface area contributed by atoms with Crippen molar-refractivity contribution in [3.05, 3.63) is 36.0 Å². The minimum Gasteiger partial charge on any atom is -0.441 e. The maximum atomic E-state index is 13.1. The van der Waals surface area contributed by atoms with Gasteiger partial charge in [0, 0.05) is 51.4 Å². The number of amides is 2. The van der Waals surface area contributed by atoms with E-state index < -0.39 is 0 Å². The number of hydrogen-bond donors (Lipinski definition) is 1. The maximum absolute atomic E-state index is 13.1. The van der Waals surface area contributed by atoms with E-state index in [1.807, 2.05) is 17.0 Å². The topological polar surface area (TPSA) is 106 Å². The second kappa shape index (κ2) is 8.92. The van der Waals surface area contributed by atoms with E-state index in [1.54, 1.807) is 17.3 Å². The van der Waals surface area contributed by atoms with Crippen molar-refractivity contribution >= 4 is 24.2 Å². The van der Waals surface area contributed by atoms with Crippen LogP contribution in [0.25, 0.3) is 11.5 Å². The van der Waals surface area contributed by atoms with Gasteiger partial charge >= 0.3 is 0 Å². The van der Waals surface area contributed by atoms with Gasteiger partial charge in [0.25, 0.3) is 0 Å². The van der Waals surface area contributed by atoms with Gasteiger partial charge in [0.2, 0.25) is 17.7 Å². The van der Waals surface area contributed by atoms with Crippen molar-refractivity contribution in [2.45, 2.75) is 38.8 Å². The van der Waals surface area contributed by atoms with Gasteiger partial charge < -0.3 is 20.0 Å². The molecule has 0 aromatic carbocycles. The second-order valence-electron chi connectivity index (χ2n) is 7.60. The number of likely N-dealkylation sites (tertiary alicyclic amines) is 1. The van der Waals surface area contributed by atoms with E-state index in [0.29, 0.717) is 44.9 Å². The Balaban J connectivity index is 0.00000240. The van der Waals surface area contributed by atoms with Crippen LogP contribution in [0.2, 0.25) is 0 Å². The number of hydrogen-bond acceptors (Lipinski definition) is 6. The molecule has 0 saturated carbocycles. The van der Waals surface area contributed by atoms with E-state index in [1.165, 1.54) is 6.92 Å². The highest BCUT2D eigenvalue weighted by Crippen LogP contribution is 2.27. The molecule has 2 aliphatic heterocycles. The molecule has 2 atom stereocenters. The first-order valence-electron chi connectivity index (χ1n) is 9.70. The van der Waals surface area contributed by atoms with E-state index in [0.717, 1.165) is 23.4 Å². The molecular formula is C20H26ClN5O3. The van der Waals surface area contributed by atoms with Crippen molar-refractivity contribution in [1.82, 2.24) is 19.8 Å². The molecule has 4 heterocycles. The third-order valence-electron chi connectivity index (χ3n) is 5.52. The largest absolute Gasteiger partial charge is 0.441 e. The molecule has 0 aliphatic carbocycles. The van der Waals surface area contributed by atoms with Crippen LogP contribution in [0.1, 0.15) is 31.2 Å². The molecule has 1 saturated heterocycles. The second-order valence-corrected chi connectivity index (χ2v) is 7.60. The van der Waals surface area contributed by atoms with Gasteiger partial charge in [-0.25, -0.2) is 4.98 Å². The number of carbonyl (C=O) groups is 2. The summed E-state index contributed by atoms with van der Waals surface area (Å²) in [7, 11) is 0. The summed E-state index contributed by atoms with van der Waals surface area (Å²) in [5, 5.41) is 0. The van der Waals surface area contributed by atoms with Crippen LogP contribution >= 0.6 is 12.4 Å². The van der Waals surface area contributed by atoms with Crippen LogP contribution in [0, 0.1) is 5.92 Å². The zero-order chi connectivity index (χ0) is 19.7. The summed E-state index contributed by atoms with van der Waals surface area (Å²) in [4.78, 5) is 37.2. The Hall–Kier alpha value is -2.45. The van der Waals surface area contributed by atoms with Crippen LogP contribution in [0.3, 0.4) is 0 Å². The Labute approximate surface area is 175 Å². The molecule has 2 aromatic rings. The molecule has 156 valence electrons. The van der Waals surface area contributed by atoms with Gasteiger partial charge in [-0.05, 0) is 25.0 Å².